The highest BCUT2D eigenvalue weighted by atomic mass is 79.9. The van der Waals surface area contributed by atoms with E-state index in [0.29, 0.717) is 34.9 Å². The lowest BCUT2D eigenvalue weighted by molar-refractivity contribution is 0.127. The van der Waals surface area contributed by atoms with Gasteiger partial charge in [0.15, 0.2) is 0 Å². The first kappa shape index (κ1) is 15.6. The van der Waals surface area contributed by atoms with Crippen LogP contribution in [-0.2, 0) is 4.74 Å². The molecule has 0 radical (unpaired) electrons. The summed E-state index contributed by atoms with van der Waals surface area (Å²) in [5, 5.41) is 3.23. The molecule has 0 aliphatic carbocycles. The number of pyridine rings is 1. The summed E-state index contributed by atoms with van der Waals surface area (Å²) in [5.74, 6) is 0.390. The van der Waals surface area contributed by atoms with Crippen molar-refractivity contribution in [2.45, 2.75) is 6.04 Å². The lowest BCUT2D eigenvalue weighted by Gasteiger charge is -2.26. The summed E-state index contributed by atoms with van der Waals surface area (Å²) in [6, 6.07) is 10.1. The number of rotatable bonds is 2. The van der Waals surface area contributed by atoms with E-state index in [1.54, 1.807) is 18.2 Å². The molecule has 22 heavy (non-hydrogen) atoms. The van der Waals surface area contributed by atoms with E-state index in [1.807, 2.05) is 12.1 Å². The SMILES string of the molecule is Fc1ccccc1C1COC/C(=N/c2ccc(Br)nc2Br)N1. The van der Waals surface area contributed by atoms with Crippen molar-refractivity contribution in [3.05, 3.63) is 57.0 Å². The molecular weight excluding hydrogens is 417 g/mol. The fraction of sp³-hybridized carbons (Fsp3) is 0.200. The molecule has 3 rings (SSSR count). The monoisotopic (exact) mass is 427 g/mol. The Bertz CT molecular complexity index is 724. The smallest absolute Gasteiger partial charge is 0.133 e. The highest BCUT2D eigenvalue weighted by Gasteiger charge is 2.22. The lowest BCUT2D eigenvalue weighted by atomic mass is 10.1. The van der Waals surface area contributed by atoms with Gasteiger partial charge in [-0.1, -0.05) is 18.2 Å². The van der Waals surface area contributed by atoms with Gasteiger partial charge >= 0.3 is 0 Å². The average Bonchev–Trinajstić information content (AvgIpc) is 2.51. The molecule has 1 fully saturated rings. The third-order valence-electron chi connectivity index (χ3n) is 3.20. The van der Waals surface area contributed by atoms with Gasteiger partial charge in [0.25, 0.3) is 0 Å². The van der Waals surface area contributed by atoms with Crippen LogP contribution in [-0.4, -0.2) is 24.0 Å². The van der Waals surface area contributed by atoms with Crippen molar-refractivity contribution in [1.82, 2.24) is 10.3 Å². The number of hydrogen-bond acceptors (Lipinski definition) is 3. The Morgan fingerprint density at radius 1 is 1.23 bits per heavy atom. The van der Waals surface area contributed by atoms with Crippen molar-refractivity contribution in [3.8, 4) is 0 Å². The first-order valence-corrected chi connectivity index (χ1v) is 8.20. The second-order valence-electron chi connectivity index (χ2n) is 4.74. The van der Waals surface area contributed by atoms with Crippen LogP contribution >= 0.6 is 31.9 Å². The zero-order chi connectivity index (χ0) is 15.5. The number of nitrogens with zero attached hydrogens (tertiary/aromatic N) is 2. The molecule has 0 bridgehead atoms. The second kappa shape index (κ2) is 6.85. The molecule has 1 saturated heterocycles. The Morgan fingerprint density at radius 2 is 2.05 bits per heavy atom. The molecule has 1 aliphatic heterocycles. The zero-order valence-corrected chi connectivity index (χ0v) is 14.6. The Balaban J connectivity index is 1.84. The standard InChI is InChI=1S/C15H12Br2FN3O/c16-13-6-5-11(15(17)21-13)19-14-8-22-7-12(20-14)9-3-1-2-4-10(9)18/h1-6,12H,7-8H2,(H,19,20). The molecule has 1 aliphatic rings. The summed E-state index contributed by atoms with van der Waals surface area (Å²) < 4.78 is 20.8. The Morgan fingerprint density at radius 3 is 2.82 bits per heavy atom. The van der Waals surface area contributed by atoms with Gasteiger partial charge in [0.05, 0.1) is 18.3 Å². The molecule has 1 aromatic carbocycles. The van der Waals surface area contributed by atoms with Crippen LogP contribution in [0.25, 0.3) is 0 Å². The van der Waals surface area contributed by atoms with Gasteiger partial charge in [0.2, 0.25) is 0 Å². The van der Waals surface area contributed by atoms with Gasteiger partial charge in [-0.2, -0.15) is 0 Å². The minimum atomic E-state index is -0.254. The molecule has 2 aromatic rings. The molecule has 1 N–H and O–H groups in total. The Labute approximate surface area is 144 Å². The topological polar surface area (TPSA) is 46.5 Å². The fourth-order valence-electron chi connectivity index (χ4n) is 2.18. The quantitative estimate of drug-likeness (QED) is 0.731. The van der Waals surface area contributed by atoms with Crippen molar-refractivity contribution in [2.24, 2.45) is 4.99 Å². The average molecular weight is 429 g/mol. The summed E-state index contributed by atoms with van der Waals surface area (Å²) >= 11 is 6.67. The maximum atomic E-state index is 13.9. The Kier molecular flexibility index (Phi) is 4.85. The van der Waals surface area contributed by atoms with E-state index in [4.69, 9.17) is 4.74 Å². The van der Waals surface area contributed by atoms with Crippen LogP contribution in [0.1, 0.15) is 11.6 Å². The van der Waals surface area contributed by atoms with Crippen molar-refractivity contribution in [2.75, 3.05) is 13.2 Å². The lowest BCUT2D eigenvalue weighted by Crippen LogP contribution is -2.40. The van der Waals surface area contributed by atoms with E-state index >= 15 is 0 Å². The Hall–Kier alpha value is -1.31. The van der Waals surface area contributed by atoms with Crippen LogP contribution < -0.4 is 5.32 Å². The number of benzene rings is 1. The van der Waals surface area contributed by atoms with E-state index < -0.39 is 0 Å². The van der Waals surface area contributed by atoms with Crippen LogP contribution in [0.5, 0.6) is 0 Å². The summed E-state index contributed by atoms with van der Waals surface area (Å²) in [4.78, 5) is 8.72. The molecule has 2 heterocycles. The molecule has 4 nitrogen and oxygen atoms in total. The van der Waals surface area contributed by atoms with Crippen molar-refractivity contribution >= 4 is 43.4 Å². The number of hydrogen-bond donors (Lipinski definition) is 1. The van der Waals surface area contributed by atoms with Crippen LogP contribution in [0.15, 0.2) is 50.6 Å². The van der Waals surface area contributed by atoms with Crippen molar-refractivity contribution in [1.29, 1.82) is 0 Å². The first-order chi connectivity index (χ1) is 10.6. The number of aliphatic imine (C=N–C) groups is 1. The maximum absolute atomic E-state index is 13.9. The van der Waals surface area contributed by atoms with Crippen molar-refractivity contribution < 1.29 is 9.13 Å². The number of nitrogens with one attached hydrogen (secondary N) is 1. The zero-order valence-electron chi connectivity index (χ0n) is 11.4. The second-order valence-corrected chi connectivity index (χ2v) is 6.30. The number of aromatic nitrogens is 1. The van der Waals surface area contributed by atoms with Gasteiger partial charge in [-0.15, -0.1) is 0 Å². The molecule has 114 valence electrons. The fourth-order valence-corrected chi connectivity index (χ4v) is 3.14. The van der Waals surface area contributed by atoms with E-state index in [9.17, 15) is 4.39 Å². The largest absolute Gasteiger partial charge is 0.371 e. The summed E-state index contributed by atoms with van der Waals surface area (Å²) in [6.45, 7) is 0.757. The predicted octanol–water partition coefficient (Wildman–Crippen LogP) is 4.14. The third kappa shape index (κ3) is 3.53. The highest BCUT2D eigenvalue weighted by Crippen LogP contribution is 2.26. The minimum Gasteiger partial charge on any atom is -0.371 e. The van der Waals surface area contributed by atoms with E-state index in [2.05, 4.69) is 47.2 Å². The van der Waals surface area contributed by atoms with Crippen LogP contribution in [0.2, 0.25) is 0 Å². The number of ether oxygens (including phenoxy) is 1. The maximum Gasteiger partial charge on any atom is 0.133 e. The third-order valence-corrected chi connectivity index (χ3v) is 4.22. The molecule has 1 unspecified atom stereocenters. The van der Waals surface area contributed by atoms with Gasteiger partial charge in [-0.3, -0.25) is 0 Å². The molecule has 1 atom stereocenters. The van der Waals surface area contributed by atoms with Gasteiger partial charge in [0.1, 0.15) is 27.5 Å². The van der Waals surface area contributed by atoms with Crippen LogP contribution in [0.3, 0.4) is 0 Å². The van der Waals surface area contributed by atoms with Gasteiger partial charge < -0.3 is 10.1 Å². The number of halogens is 3. The van der Waals surface area contributed by atoms with Crippen LogP contribution in [0, 0.1) is 5.82 Å². The summed E-state index contributed by atoms with van der Waals surface area (Å²) in [6.07, 6.45) is 0. The molecule has 7 heteroatoms. The summed E-state index contributed by atoms with van der Waals surface area (Å²) in [5.41, 5.74) is 1.26. The molecule has 0 spiro atoms. The molecular formula is C15H12Br2FN3O. The van der Waals surface area contributed by atoms with E-state index in [-0.39, 0.29) is 11.9 Å². The number of amidine groups is 1. The minimum absolute atomic E-state index is 0.253. The normalized spacial score (nSPS) is 20.0. The van der Waals surface area contributed by atoms with Crippen LogP contribution in [0.4, 0.5) is 10.1 Å². The van der Waals surface area contributed by atoms with Gasteiger partial charge in [0, 0.05) is 5.56 Å². The van der Waals surface area contributed by atoms with E-state index in [0.717, 1.165) is 4.60 Å². The van der Waals surface area contributed by atoms with Crippen molar-refractivity contribution in [3.63, 3.8) is 0 Å². The van der Waals surface area contributed by atoms with E-state index in [1.165, 1.54) is 6.07 Å². The predicted molar refractivity (Wildman–Crippen MR) is 89.8 cm³/mol. The first-order valence-electron chi connectivity index (χ1n) is 6.62. The summed E-state index contributed by atoms with van der Waals surface area (Å²) in [7, 11) is 0. The van der Waals surface area contributed by atoms with Gasteiger partial charge in [-0.25, -0.2) is 14.4 Å². The number of morpholine rings is 1. The van der Waals surface area contributed by atoms with Gasteiger partial charge in [-0.05, 0) is 50.1 Å². The highest BCUT2D eigenvalue weighted by molar-refractivity contribution is 9.11. The molecule has 0 saturated carbocycles. The molecule has 1 aromatic heterocycles. The molecule has 0 amide bonds.